The summed E-state index contributed by atoms with van der Waals surface area (Å²) >= 11 is 0. The van der Waals surface area contributed by atoms with Crippen LogP contribution in [0, 0.1) is 0 Å². The van der Waals surface area contributed by atoms with Crippen molar-refractivity contribution in [2.24, 2.45) is 0 Å². The molecule has 23 heavy (non-hydrogen) atoms. The third kappa shape index (κ3) is 3.56. The Bertz CT molecular complexity index is 605. The first-order valence-corrected chi connectivity index (χ1v) is 7.82. The van der Waals surface area contributed by atoms with Gasteiger partial charge in [0.15, 0.2) is 11.5 Å². The van der Waals surface area contributed by atoms with Gasteiger partial charge in [-0.1, -0.05) is 6.07 Å². The summed E-state index contributed by atoms with van der Waals surface area (Å²) in [6.07, 6.45) is 2.45. The van der Waals surface area contributed by atoms with Crippen molar-refractivity contribution in [1.29, 1.82) is 0 Å². The molecule has 0 bridgehead atoms. The number of imide groups is 1. The number of fused-ring (bicyclic) bond motifs is 1. The molecule has 0 saturated carbocycles. The predicted octanol–water partition coefficient (Wildman–Crippen LogP) is 1.40. The average molecular weight is 319 g/mol. The molecule has 0 spiro atoms. The van der Waals surface area contributed by atoms with E-state index in [0.717, 1.165) is 30.9 Å². The van der Waals surface area contributed by atoms with Crippen LogP contribution in [0.15, 0.2) is 18.2 Å². The standard InChI is InChI=1S/C16H21N3O4/c1-17-16(21)18-15(20)6-8-19-7-2-3-12(19)11-4-5-13-14(9-11)23-10-22-13/h4-5,9,12H,2-3,6-8,10H2,1H3,(H2,17,18,20,21)/t12-/m1/s1. The normalized spacial score (nSPS) is 19.6. The highest BCUT2D eigenvalue weighted by Gasteiger charge is 2.27. The van der Waals surface area contributed by atoms with Crippen LogP contribution in [-0.4, -0.2) is 43.8 Å². The topological polar surface area (TPSA) is 79.9 Å². The van der Waals surface area contributed by atoms with Gasteiger partial charge in [0.05, 0.1) is 0 Å². The van der Waals surface area contributed by atoms with Crippen LogP contribution in [0.2, 0.25) is 0 Å². The molecule has 2 aliphatic heterocycles. The van der Waals surface area contributed by atoms with Gasteiger partial charge in [-0.15, -0.1) is 0 Å². The highest BCUT2D eigenvalue weighted by Crippen LogP contribution is 2.38. The molecule has 1 fully saturated rings. The van der Waals surface area contributed by atoms with Gasteiger partial charge in [-0.2, -0.15) is 0 Å². The van der Waals surface area contributed by atoms with Gasteiger partial charge in [-0.3, -0.25) is 15.0 Å². The zero-order valence-corrected chi connectivity index (χ0v) is 13.1. The molecule has 1 saturated heterocycles. The lowest BCUT2D eigenvalue weighted by Crippen LogP contribution is -2.39. The van der Waals surface area contributed by atoms with Crippen LogP contribution in [0.5, 0.6) is 11.5 Å². The van der Waals surface area contributed by atoms with Gasteiger partial charge in [-0.25, -0.2) is 4.79 Å². The molecular formula is C16H21N3O4. The van der Waals surface area contributed by atoms with Crippen molar-refractivity contribution in [3.8, 4) is 11.5 Å². The Hall–Kier alpha value is -2.28. The summed E-state index contributed by atoms with van der Waals surface area (Å²) < 4.78 is 10.8. The van der Waals surface area contributed by atoms with E-state index in [0.29, 0.717) is 13.0 Å². The maximum Gasteiger partial charge on any atom is 0.321 e. The number of hydrogen-bond acceptors (Lipinski definition) is 5. The second-order valence-corrected chi connectivity index (χ2v) is 5.68. The van der Waals surface area contributed by atoms with Crippen molar-refractivity contribution in [3.05, 3.63) is 23.8 Å². The van der Waals surface area contributed by atoms with Crippen LogP contribution < -0.4 is 20.1 Å². The molecule has 2 aliphatic rings. The number of benzene rings is 1. The van der Waals surface area contributed by atoms with E-state index in [-0.39, 0.29) is 18.7 Å². The molecule has 0 unspecified atom stereocenters. The molecule has 7 heteroatoms. The zero-order valence-electron chi connectivity index (χ0n) is 13.1. The largest absolute Gasteiger partial charge is 0.454 e. The number of rotatable bonds is 4. The third-order valence-corrected chi connectivity index (χ3v) is 4.25. The Kier molecular flexibility index (Phi) is 4.66. The van der Waals surface area contributed by atoms with Crippen LogP contribution in [-0.2, 0) is 4.79 Å². The number of urea groups is 1. The van der Waals surface area contributed by atoms with Crippen LogP contribution in [0.4, 0.5) is 4.79 Å². The van der Waals surface area contributed by atoms with Crippen molar-refractivity contribution in [1.82, 2.24) is 15.5 Å². The van der Waals surface area contributed by atoms with Crippen LogP contribution in [0.25, 0.3) is 0 Å². The maximum atomic E-state index is 11.7. The van der Waals surface area contributed by atoms with Gasteiger partial charge in [0.2, 0.25) is 12.7 Å². The van der Waals surface area contributed by atoms with Crippen LogP contribution in [0.3, 0.4) is 0 Å². The fourth-order valence-electron chi connectivity index (χ4n) is 3.09. The van der Waals surface area contributed by atoms with Crippen LogP contribution in [0.1, 0.15) is 30.9 Å². The Balaban J connectivity index is 1.59. The Labute approximate surface area is 134 Å². The molecule has 2 heterocycles. The molecule has 7 nitrogen and oxygen atoms in total. The summed E-state index contributed by atoms with van der Waals surface area (Å²) in [5.41, 5.74) is 1.18. The first-order chi connectivity index (χ1) is 11.2. The van der Waals surface area contributed by atoms with E-state index in [4.69, 9.17) is 9.47 Å². The van der Waals surface area contributed by atoms with E-state index in [2.05, 4.69) is 21.6 Å². The molecule has 0 aliphatic carbocycles. The monoisotopic (exact) mass is 319 g/mol. The highest BCUT2D eigenvalue weighted by molar-refractivity contribution is 5.94. The number of carbonyl (C=O) groups excluding carboxylic acids is 2. The van der Waals surface area contributed by atoms with Gasteiger partial charge in [-0.05, 0) is 37.1 Å². The van der Waals surface area contributed by atoms with E-state index < -0.39 is 6.03 Å². The second-order valence-electron chi connectivity index (χ2n) is 5.68. The van der Waals surface area contributed by atoms with Gasteiger partial charge in [0.1, 0.15) is 0 Å². The number of nitrogens with one attached hydrogen (secondary N) is 2. The number of hydrogen-bond donors (Lipinski definition) is 2. The third-order valence-electron chi connectivity index (χ3n) is 4.25. The number of carbonyl (C=O) groups is 2. The predicted molar refractivity (Wildman–Crippen MR) is 83.3 cm³/mol. The van der Waals surface area contributed by atoms with Gasteiger partial charge < -0.3 is 14.8 Å². The van der Waals surface area contributed by atoms with Crippen molar-refractivity contribution >= 4 is 11.9 Å². The summed E-state index contributed by atoms with van der Waals surface area (Å²) in [6, 6.07) is 5.82. The molecule has 1 aromatic carbocycles. The van der Waals surface area contributed by atoms with E-state index >= 15 is 0 Å². The number of nitrogens with zero attached hydrogens (tertiary/aromatic N) is 1. The molecular weight excluding hydrogens is 298 g/mol. The zero-order chi connectivity index (χ0) is 16.2. The number of likely N-dealkylation sites (tertiary alicyclic amines) is 1. The number of amides is 3. The van der Waals surface area contributed by atoms with Gasteiger partial charge >= 0.3 is 6.03 Å². The average Bonchev–Trinajstić information content (AvgIpc) is 3.20. The van der Waals surface area contributed by atoms with E-state index in [9.17, 15) is 9.59 Å². The Morgan fingerprint density at radius 1 is 1.30 bits per heavy atom. The SMILES string of the molecule is CNC(=O)NC(=O)CCN1CCC[C@@H]1c1ccc2c(c1)OCO2. The lowest BCUT2D eigenvalue weighted by Gasteiger charge is -2.24. The molecule has 0 aromatic heterocycles. The molecule has 3 rings (SSSR count). The number of ether oxygens (including phenoxy) is 2. The first kappa shape index (κ1) is 15.6. The highest BCUT2D eigenvalue weighted by atomic mass is 16.7. The smallest absolute Gasteiger partial charge is 0.321 e. The Morgan fingerprint density at radius 3 is 2.96 bits per heavy atom. The van der Waals surface area contributed by atoms with Crippen molar-refractivity contribution in [2.45, 2.75) is 25.3 Å². The fourth-order valence-corrected chi connectivity index (χ4v) is 3.09. The van der Waals surface area contributed by atoms with E-state index in [1.807, 2.05) is 12.1 Å². The minimum atomic E-state index is -0.469. The lowest BCUT2D eigenvalue weighted by molar-refractivity contribution is -0.120. The molecule has 0 radical (unpaired) electrons. The fraction of sp³-hybridized carbons (Fsp3) is 0.500. The van der Waals surface area contributed by atoms with Crippen molar-refractivity contribution in [2.75, 3.05) is 26.9 Å². The second kappa shape index (κ2) is 6.87. The van der Waals surface area contributed by atoms with Crippen molar-refractivity contribution in [3.63, 3.8) is 0 Å². The quantitative estimate of drug-likeness (QED) is 0.877. The van der Waals surface area contributed by atoms with E-state index in [1.54, 1.807) is 0 Å². The lowest BCUT2D eigenvalue weighted by atomic mass is 10.0. The minimum absolute atomic E-state index is 0.263. The molecule has 3 amide bonds. The summed E-state index contributed by atoms with van der Waals surface area (Å²) in [6.45, 7) is 1.85. The summed E-state index contributed by atoms with van der Waals surface area (Å²) in [5, 5.41) is 4.66. The molecule has 1 atom stereocenters. The van der Waals surface area contributed by atoms with Crippen molar-refractivity contribution < 1.29 is 19.1 Å². The first-order valence-electron chi connectivity index (χ1n) is 7.82. The maximum absolute atomic E-state index is 11.7. The summed E-state index contributed by atoms with van der Waals surface area (Å²) in [7, 11) is 1.48. The summed E-state index contributed by atoms with van der Waals surface area (Å²) in [4.78, 5) is 25.1. The van der Waals surface area contributed by atoms with Crippen LogP contribution >= 0.6 is 0 Å². The molecule has 124 valence electrons. The van der Waals surface area contributed by atoms with E-state index in [1.165, 1.54) is 12.6 Å². The molecule has 2 N–H and O–H groups in total. The molecule has 1 aromatic rings. The summed E-state index contributed by atoms with van der Waals surface area (Å²) in [5.74, 6) is 1.30. The van der Waals surface area contributed by atoms with Gasteiger partial charge in [0, 0.05) is 26.1 Å². The minimum Gasteiger partial charge on any atom is -0.454 e. The van der Waals surface area contributed by atoms with Gasteiger partial charge in [0.25, 0.3) is 0 Å². The Morgan fingerprint density at radius 2 is 2.13 bits per heavy atom.